The van der Waals surface area contributed by atoms with Crippen molar-refractivity contribution in [1.29, 1.82) is 0 Å². The molecule has 1 aromatic rings. The highest BCUT2D eigenvalue weighted by molar-refractivity contribution is 7.88. The van der Waals surface area contributed by atoms with Gasteiger partial charge in [0.25, 0.3) is 0 Å². The molecule has 22 heavy (non-hydrogen) atoms. The molecule has 0 aliphatic carbocycles. The van der Waals surface area contributed by atoms with E-state index in [2.05, 4.69) is 8.37 Å². The number of alkyl halides is 2. The van der Waals surface area contributed by atoms with E-state index < -0.39 is 30.2 Å². The van der Waals surface area contributed by atoms with Gasteiger partial charge < -0.3 is 8.37 Å². The highest BCUT2D eigenvalue weighted by atomic mass is 32.2. The van der Waals surface area contributed by atoms with Crippen molar-refractivity contribution in [2.75, 3.05) is 0 Å². The SMILES string of the molecule is CC(C)(F)S(=O)(=O)Oc1ccc(OS(=O)(=O)C(C)(C)F)cc1. The molecular weight excluding hydrogens is 342 g/mol. The van der Waals surface area contributed by atoms with Gasteiger partial charge in [-0.05, 0) is 52.0 Å². The number of benzene rings is 1. The van der Waals surface area contributed by atoms with E-state index in [0.717, 1.165) is 52.0 Å². The Balaban J connectivity index is 2.94. The van der Waals surface area contributed by atoms with Gasteiger partial charge in [-0.3, -0.25) is 0 Å². The summed E-state index contributed by atoms with van der Waals surface area (Å²) in [5.41, 5.74) is 0. The summed E-state index contributed by atoms with van der Waals surface area (Å²) in [6, 6.07) is 4.22. The van der Waals surface area contributed by atoms with E-state index in [9.17, 15) is 25.6 Å². The Morgan fingerprint density at radius 2 is 0.955 bits per heavy atom. The van der Waals surface area contributed by atoms with E-state index in [1.807, 2.05) is 0 Å². The summed E-state index contributed by atoms with van der Waals surface area (Å²) in [7, 11) is -9.02. The molecule has 0 N–H and O–H groups in total. The standard InChI is InChI=1S/C12H16F2O6S2/c1-11(2,13)21(15,16)19-9-5-7-10(8-6-9)20-22(17,18)12(3,4)14/h5-8H,1-4H3. The van der Waals surface area contributed by atoms with Crippen LogP contribution in [0, 0.1) is 0 Å². The Morgan fingerprint density at radius 3 is 1.14 bits per heavy atom. The first-order valence-electron chi connectivity index (χ1n) is 6.02. The maximum absolute atomic E-state index is 13.4. The second kappa shape index (κ2) is 5.65. The predicted octanol–water partition coefficient (Wildman–Crippen LogP) is 2.52. The third-order valence-electron chi connectivity index (χ3n) is 2.42. The molecule has 0 aromatic heterocycles. The van der Waals surface area contributed by atoms with Gasteiger partial charge in [-0.15, -0.1) is 0 Å². The molecule has 0 atom stereocenters. The van der Waals surface area contributed by atoms with Crippen LogP contribution in [-0.2, 0) is 20.2 Å². The molecule has 0 amide bonds. The third-order valence-corrected chi connectivity index (χ3v) is 5.63. The van der Waals surface area contributed by atoms with Gasteiger partial charge in [0.05, 0.1) is 0 Å². The van der Waals surface area contributed by atoms with E-state index in [4.69, 9.17) is 0 Å². The lowest BCUT2D eigenvalue weighted by Crippen LogP contribution is -2.31. The van der Waals surface area contributed by atoms with Crippen LogP contribution in [0.3, 0.4) is 0 Å². The number of halogens is 2. The van der Waals surface area contributed by atoms with Crippen LogP contribution in [0.2, 0.25) is 0 Å². The predicted molar refractivity (Wildman–Crippen MR) is 75.9 cm³/mol. The van der Waals surface area contributed by atoms with Crippen molar-refractivity contribution in [3.05, 3.63) is 24.3 Å². The maximum atomic E-state index is 13.4. The molecule has 0 heterocycles. The van der Waals surface area contributed by atoms with Gasteiger partial charge in [-0.2, -0.15) is 16.8 Å². The van der Waals surface area contributed by atoms with Gasteiger partial charge in [0.15, 0.2) is 0 Å². The van der Waals surface area contributed by atoms with Crippen molar-refractivity contribution in [2.45, 2.75) is 37.7 Å². The summed E-state index contributed by atoms with van der Waals surface area (Å²) in [6.45, 7) is 3.26. The van der Waals surface area contributed by atoms with Crippen LogP contribution >= 0.6 is 0 Å². The van der Waals surface area contributed by atoms with Crippen molar-refractivity contribution < 1.29 is 34.0 Å². The highest BCUT2D eigenvalue weighted by Crippen LogP contribution is 2.27. The average molecular weight is 358 g/mol. The van der Waals surface area contributed by atoms with Crippen LogP contribution in [0.25, 0.3) is 0 Å². The van der Waals surface area contributed by atoms with Gasteiger partial charge in [0.1, 0.15) is 11.5 Å². The minimum atomic E-state index is -4.51. The summed E-state index contributed by atoms with van der Waals surface area (Å²) in [5.74, 6) is -0.482. The zero-order chi connectivity index (χ0) is 17.4. The third kappa shape index (κ3) is 4.29. The lowest BCUT2D eigenvalue weighted by Gasteiger charge is -2.17. The molecule has 0 spiro atoms. The Kier molecular flexibility index (Phi) is 4.79. The zero-order valence-electron chi connectivity index (χ0n) is 12.3. The van der Waals surface area contributed by atoms with Crippen LogP contribution in [-0.4, -0.2) is 26.8 Å². The van der Waals surface area contributed by atoms with Crippen LogP contribution in [0.1, 0.15) is 27.7 Å². The summed E-state index contributed by atoms with van der Waals surface area (Å²) in [4.78, 5) is 0. The second-order valence-corrected chi connectivity index (χ2v) is 9.36. The molecule has 0 unspecified atom stereocenters. The molecule has 0 bridgehead atoms. The molecule has 1 aromatic carbocycles. The summed E-state index contributed by atoms with van der Waals surface area (Å²) < 4.78 is 81.9. The van der Waals surface area contributed by atoms with Gasteiger partial charge in [-0.1, -0.05) is 0 Å². The molecule has 0 aliphatic heterocycles. The first-order chi connectivity index (χ1) is 9.66. The van der Waals surface area contributed by atoms with Crippen LogP contribution in [0.4, 0.5) is 8.78 Å². The lowest BCUT2D eigenvalue weighted by molar-refractivity contribution is 0.292. The average Bonchev–Trinajstić information content (AvgIpc) is 2.28. The number of hydrogen-bond donors (Lipinski definition) is 0. The molecule has 0 aliphatic rings. The van der Waals surface area contributed by atoms with E-state index >= 15 is 0 Å². The fourth-order valence-electron chi connectivity index (χ4n) is 1.00. The van der Waals surface area contributed by atoms with Crippen LogP contribution in [0.15, 0.2) is 24.3 Å². The van der Waals surface area contributed by atoms with Gasteiger partial charge in [0.2, 0.25) is 10.0 Å². The van der Waals surface area contributed by atoms with Crippen LogP contribution < -0.4 is 8.37 Å². The first-order valence-corrected chi connectivity index (χ1v) is 8.83. The van der Waals surface area contributed by atoms with Gasteiger partial charge in [0, 0.05) is 0 Å². The number of rotatable bonds is 6. The van der Waals surface area contributed by atoms with E-state index in [-0.39, 0.29) is 11.5 Å². The fourth-order valence-corrected chi connectivity index (χ4v) is 2.13. The van der Waals surface area contributed by atoms with E-state index in [1.54, 1.807) is 0 Å². The van der Waals surface area contributed by atoms with Crippen molar-refractivity contribution in [3.63, 3.8) is 0 Å². The Hall–Kier alpha value is -1.42. The maximum Gasteiger partial charge on any atom is 0.344 e. The molecule has 0 radical (unpaired) electrons. The monoisotopic (exact) mass is 358 g/mol. The quantitative estimate of drug-likeness (QED) is 0.726. The fraction of sp³-hybridized carbons (Fsp3) is 0.500. The van der Waals surface area contributed by atoms with Crippen molar-refractivity contribution in [2.24, 2.45) is 0 Å². The van der Waals surface area contributed by atoms with Gasteiger partial charge in [-0.25, -0.2) is 8.78 Å². The summed E-state index contributed by atoms with van der Waals surface area (Å²) >= 11 is 0. The topological polar surface area (TPSA) is 86.7 Å². The largest absolute Gasteiger partial charge is 0.380 e. The lowest BCUT2D eigenvalue weighted by atomic mass is 10.3. The van der Waals surface area contributed by atoms with Crippen molar-refractivity contribution >= 4 is 20.2 Å². The molecule has 0 saturated carbocycles. The van der Waals surface area contributed by atoms with E-state index in [1.165, 1.54) is 0 Å². The highest BCUT2D eigenvalue weighted by Gasteiger charge is 2.37. The smallest absolute Gasteiger partial charge is 0.344 e. The zero-order valence-corrected chi connectivity index (χ0v) is 14.0. The molecule has 126 valence electrons. The minimum absolute atomic E-state index is 0.241. The van der Waals surface area contributed by atoms with Crippen molar-refractivity contribution in [3.8, 4) is 11.5 Å². The molecule has 6 nitrogen and oxygen atoms in total. The normalized spacial score (nSPS) is 13.7. The molecular formula is C12H16F2O6S2. The minimum Gasteiger partial charge on any atom is -0.380 e. The van der Waals surface area contributed by atoms with Crippen molar-refractivity contribution in [1.82, 2.24) is 0 Å². The van der Waals surface area contributed by atoms with Gasteiger partial charge >= 0.3 is 20.2 Å². The number of hydrogen-bond acceptors (Lipinski definition) is 6. The van der Waals surface area contributed by atoms with Crippen LogP contribution in [0.5, 0.6) is 11.5 Å². The molecule has 0 fully saturated rings. The Bertz CT molecular complexity index is 660. The molecule has 10 heteroatoms. The summed E-state index contributed by atoms with van der Waals surface area (Å²) in [5, 5.41) is -5.21. The molecule has 1 rings (SSSR count). The first kappa shape index (κ1) is 18.6. The Labute approximate surface area is 128 Å². The molecule has 0 saturated heterocycles. The van der Waals surface area contributed by atoms with E-state index in [0.29, 0.717) is 0 Å². The summed E-state index contributed by atoms with van der Waals surface area (Å²) in [6.07, 6.45) is 0. The Morgan fingerprint density at radius 1 is 0.727 bits per heavy atom. The second-order valence-electron chi connectivity index (χ2n) is 5.27.